The summed E-state index contributed by atoms with van der Waals surface area (Å²) in [7, 11) is 0. The zero-order chi connectivity index (χ0) is 18.1. The second kappa shape index (κ2) is 11.0. The van der Waals surface area contributed by atoms with Crippen molar-refractivity contribution < 1.29 is 9.84 Å². The molecule has 1 aliphatic heterocycles. The number of guanidine groups is 1. The standard InChI is InChI=1S/C17H29ClN4O2S/c1-3-19-17(21-11-14(23)15-4-5-16(18)25-15)20-10-13(2)12-22-6-8-24-9-7-22/h4-5,13-14,23H,3,6-12H2,1-2H3,(H2,19,20,21). The van der Waals surface area contributed by atoms with Crippen molar-refractivity contribution in [2.45, 2.75) is 20.0 Å². The molecule has 1 aromatic rings. The van der Waals surface area contributed by atoms with E-state index in [1.54, 1.807) is 6.07 Å². The molecule has 0 saturated carbocycles. The van der Waals surface area contributed by atoms with Crippen molar-refractivity contribution >= 4 is 28.9 Å². The van der Waals surface area contributed by atoms with E-state index >= 15 is 0 Å². The van der Waals surface area contributed by atoms with E-state index in [0.29, 0.717) is 16.8 Å². The Morgan fingerprint density at radius 2 is 2.16 bits per heavy atom. The summed E-state index contributed by atoms with van der Waals surface area (Å²) in [6.07, 6.45) is -0.591. The zero-order valence-corrected chi connectivity index (χ0v) is 16.6. The fourth-order valence-electron chi connectivity index (χ4n) is 2.67. The number of ether oxygens (including phenoxy) is 1. The fourth-order valence-corrected chi connectivity index (χ4v) is 3.72. The molecule has 0 aromatic carbocycles. The minimum atomic E-state index is -0.591. The van der Waals surface area contributed by atoms with Crippen LogP contribution < -0.4 is 10.6 Å². The van der Waals surface area contributed by atoms with Gasteiger partial charge in [-0.1, -0.05) is 18.5 Å². The van der Waals surface area contributed by atoms with Crippen molar-refractivity contribution in [3.8, 4) is 0 Å². The first-order valence-electron chi connectivity index (χ1n) is 8.84. The lowest BCUT2D eigenvalue weighted by Gasteiger charge is -2.28. The lowest BCUT2D eigenvalue weighted by molar-refractivity contribution is 0.0323. The summed E-state index contributed by atoms with van der Waals surface area (Å²) >= 11 is 7.32. The molecule has 1 fully saturated rings. The van der Waals surface area contributed by atoms with Crippen LogP contribution in [0.4, 0.5) is 0 Å². The zero-order valence-electron chi connectivity index (χ0n) is 15.0. The Labute approximate surface area is 159 Å². The molecule has 0 aliphatic carbocycles. The van der Waals surface area contributed by atoms with Crippen molar-refractivity contribution in [1.82, 2.24) is 15.5 Å². The lowest BCUT2D eigenvalue weighted by Crippen LogP contribution is -2.41. The molecule has 2 unspecified atom stereocenters. The maximum atomic E-state index is 10.2. The minimum absolute atomic E-state index is 0.403. The number of aliphatic hydroxyl groups is 1. The van der Waals surface area contributed by atoms with E-state index < -0.39 is 6.10 Å². The van der Waals surface area contributed by atoms with Crippen molar-refractivity contribution in [2.75, 3.05) is 52.5 Å². The van der Waals surface area contributed by atoms with Gasteiger partial charge in [0.25, 0.3) is 0 Å². The minimum Gasteiger partial charge on any atom is -0.386 e. The Morgan fingerprint density at radius 3 is 2.80 bits per heavy atom. The van der Waals surface area contributed by atoms with Gasteiger partial charge in [0, 0.05) is 44.1 Å². The molecule has 25 heavy (non-hydrogen) atoms. The van der Waals surface area contributed by atoms with Crippen LogP contribution in [0.1, 0.15) is 24.8 Å². The van der Waals surface area contributed by atoms with Crippen LogP contribution in [0.5, 0.6) is 0 Å². The summed E-state index contributed by atoms with van der Waals surface area (Å²) < 4.78 is 6.07. The van der Waals surface area contributed by atoms with Crippen LogP contribution in [0.3, 0.4) is 0 Å². The van der Waals surface area contributed by atoms with Crippen molar-refractivity contribution in [1.29, 1.82) is 0 Å². The summed E-state index contributed by atoms with van der Waals surface area (Å²) in [6.45, 7) is 10.9. The maximum absolute atomic E-state index is 10.2. The van der Waals surface area contributed by atoms with E-state index in [2.05, 4.69) is 27.4 Å². The van der Waals surface area contributed by atoms with E-state index in [9.17, 15) is 5.11 Å². The van der Waals surface area contributed by atoms with Crippen molar-refractivity contribution in [3.05, 3.63) is 21.3 Å². The van der Waals surface area contributed by atoms with E-state index in [4.69, 9.17) is 16.3 Å². The van der Waals surface area contributed by atoms with Crippen LogP contribution in [-0.2, 0) is 4.74 Å². The predicted octanol–water partition coefficient (Wildman–Crippen LogP) is 1.96. The first-order valence-corrected chi connectivity index (χ1v) is 10.0. The number of halogens is 1. The Balaban J connectivity index is 1.78. The monoisotopic (exact) mass is 388 g/mol. The van der Waals surface area contributed by atoms with Gasteiger partial charge < -0.3 is 20.5 Å². The molecule has 0 bridgehead atoms. The quantitative estimate of drug-likeness (QED) is 0.469. The number of nitrogens with one attached hydrogen (secondary N) is 2. The van der Waals surface area contributed by atoms with Crippen LogP contribution in [0, 0.1) is 5.92 Å². The van der Waals surface area contributed by atoms with Crippen LogP contribution >= 0.6 is 22.9 Å². The average Bonchev–Trinajstić information content (AvgIpc) is 3.04. The van der Waals surface area contributed by atoms with Gasteiger partial charge in [-0.25, -0.2) is 0 Å². The van der Waals surface area contributed by atoms with Crippen LogP contribution in [0.15, 0.2) is 17.1 Å². The summed E-state index contributed by atoms with van der Waals surface area (Å²) in [4.78, 5) is 7.93. The molecular weight excluding hydrogens is 360 g/mol. The number of morpholine rings is 1. The van der Waals surface area contributed by atoms with Crippen LogP contribution in [-0.4, -0.2) is 68.4 Å². The molecule has 6 nitrogen and oxygen atoms in total. The summed E-state index contributed by atoms with van der Waals surface area (Å²) in [6, 6.07) is 3.66. The molecule has 2 heterocycles. The molecule has 0 radical (unpaired) electrons. The first-order chi connectivity index (χ1) is 12.1. The number of hydrogen-bond donors (Lipinski definition) is 3. The largest absolute Gasteiger partial charge is 0.386 e. The van der Waals surface area contributed by atoms with Gasteiger partial charge in [0.2, 0.25) is 0 Å². The third kappa shape index (κ3) is 7.50. The highest BCUT2D eigenvalue weighted by atomic mass is 35.5. The van der Waals surface area contributed by atoms with Gasteiger partial charge in [-0.2, -0.15) is 0 Å². The highest BCUT2D eigenvalue weighted by molar-refractivity contribution is 7.16. The van der Waals surface area contributed by atoms with Gasteiger partial charge in [0.15, 0.2) is 5.96 Å². The van der Waals surface area contributed by atoms with Crippen molar-refractivity contribution in [2.24, 2.45) is 10.9 Å². The molecule has 142 valence electrons. The van der Waals surface area contributed by atoms with Crippen LogP contribution in [0.2, 0.25) is 4.34 Å². The highest BCUT2D eigenvalue weighted by Gasteiger charge is 2.14. The molecule has 1 aromatic heterocycles. The highest BCUT2D eigenvalue weighted by Crippen LogP contribution is 2.26. The Morgan fingerprint density at radius 1 is 1.40 bits per heavy atom. The van der Waals surface area contributed by atoms with Crippen molar-refractivity contribution in [3.63, 3.8) is 0 Å². The number of aliphatic hydroxyl groups excluding tert-OH is 1. The second-order valence-corrected chi connectivity index (χ2v) is 8.02. The van der Waals surface area contributed by atoms with Gasteiger partial charge in [-0.15, -0.1) is 11.3 Å². The molecular formula is C17H29ClN4O2S. The first kappa shape index (κ1) is 20.5. The molecule has 1 aliphatic rings. The number of rotatable bonds is 8. The molecule has 0 amide bonds. The SMILES string of the molecule is CCNC(=NCC(C)CN1CCOCC1)NCC(O)c1ccc(Cl)s1. The van der Waals surface area contributed by atoms with Crippen LogP contribution in [0.25, 0.3) is 0 Å². The molecule has 2 atom stereocenters. The van der Waals surface area contributed by atoms with Gasteiger partial charge in [-0.3, -0.25) is 9.89 Å². The Kier molecular flexibility index (Phi) is 8.98. The number of thiophene rings is 1. The topological polar surface area (TPSA) is 69.1 Å². The molecule has 1 saturated heterocycles. The summed E-state index contributed by atoms with van der Waals surface area (Å²) in [5, 5.41) is 16.7. The third-order valence-electron chi connectivity index (χ3n) is 3.96. The van der Waals surface area contributed by atoms with Gasteiger partial charge >= 0.3 is 0 Å². The van der Waals surface area contributed by atoms with Gasteiger partial charge in [-0.05, 0) is 25.0 Å². The lowest BCUT2D eigenvalue weighted by atomic mass is 10.1. The van der Waals surface area contributed by atoms with Gasteiger partial charge in [0.05, 0.1) is 17.6 Å². The molecule has 0 spiro atoms. The third-order valence-corrected chi connectivity index (χ3v) is 5.30. The molecule has 3 N–H and O–H groups in total. The van der Waals surface area contributed by atoms with Gasteiger partial charge in [0.1, 0.15) is 6.10 Å². The number of hydrogen-bond acceptors (Lipinski definition) is 5. The Bertz CT molecular complexity index is 534. The smallest absolute Gasteiger partial charge is 0.191 e. The number of nitrogens with zero attached hydrogens (tertiary/aromatic N) is 2. The maximum Gasteiger partial charge on any atom is 0.191 e. The fraction of sp³-hybridized carbons (Fsp3) is 0.706. The normalized spacial score (nSPS) is 18.8. The summed E-state index contributed by atoms with van der Waals surface area (Å²) in [5.74, 6) is 1.20. The predicted molar refractivity (Wildman–Crippen MR) is 105 cm³/mol. The van der Waals surface area contributed by atoms with E-state index in [1.807, 2.05) is 13.0 Å². The van der Waals surface area contributed by atoms with E-state index in [1.165, 1.54) is 11.3 Å². The van der Waals surface area contributed by atoms with E-state index in [0.717, 1.165) is 56.8 Å². The summed E-state index contributed by atoms with van der Waals surface area (Å²) in [5.41, 5.74) is 0. The number of aliphatic imine (C=N–C) groups is 1. The molecule has 2 rings (SSSR count). The Hall–Kier alpha value is -0.860. The average molecular weight is 389 g/mol. The second-order valence-electron chi connectivity index (χ2n) is 6.28. The van der Waals surface area contributed by atoms with E-state index in [-0.39, 0.29) is 0 Å². The molecule has 8 heteroatoms.